The van der Waals surface area contributed by atoms with E-state index in [1.807, 2.05) is 29.2 Å². The number of rotatable bonds is 3. The third-order valence-electron chi connectivity index (χ3n) is 4.20. The second-order valence-corrected chi connectivity index (χ2v) is 5.50. The van der Waals surface area contributed by atoms with Crippen molar-refractivity contribution in [3.8, 4) is 0 Å². The van der Waals surface area contributed by atoms with Crippen LogP contribution in [0.3, 0.4) is 0 Å². The first-order chi connectivity index (χ1) is 9.17. The number of piperidine rings is 1. The molecule has 2 rings (SSSR count). The van der Waals surface area contributed by atoms with Crippen LogP contribution in [0.25, 0.3) is 0 Å². The molecule has 2 atom stereocenters. The molecule has 1 heterocycles. The minimum Gasteiger partial charge on any atom is -0.336 e. The average Bonchev–Trinajstić information content (AvgIpc) is 2.47. The van der Waals surface area contributed by atoms with Crippen molar-refractivity contribution in [2.75, 3.05) is 13.1 Å². The van der Waals surface area contributed by atoms with E-state index in [2.05, 4.69) is 13.8 Å². The third kappa shape index (κ3) is 2.98. The van der Waals surface area contributed by atoms with E-state index in [0.29, 0.717) is 18.5 Å². The summed E-state index contributed by atoms with van der Waals surface area (Å²) < 4.78 is 0. The first-order valence-corrected chi connectivity index (χ1v) is 7.26. The van der Waals surface area contributed by atoms with Crippen LogP contribution in [-0.4, -0.2) is 29.9 Å². The zero-order valence-electron chi connectivity index (χ0n) is 11.9. The number of carbonyl (C=O) groups excluding carboxylic acids is 1. The van der Waals surface area contributed by atoms with Gasteiger partial charge in [-0.1, -0.05) is 25.1 Å². The molecule has 1 fully saturated rings. The van der Waals surface area contributed by atoms with Gasteiger partial charge >= 0.3 is 0 Å². The Labute approximate surface area is 115 Å². The standard InChI is InChI=1S/C16H24N2O/c1-3-14-6-4-5-7-15(14)16(19)18-11-13(10-17)9-8-12(18)2/h4-7,12-13H,3,8-11,17H2,1-2H3. The Morgan fingerprint density at radius 1 is 1.37 bits per heavy atom. The van der Waals surface area contributed by atoms with Crippen molar-refractivity contribution in [1.82, 2.24) is 4.90 Å². The van der Waals surface area contributed by atoms with Gasteiger partial charge in [-0.2, -0.15) is 0 Å². The highest BCUT2D eigenvalue weighted by molar-refractivity contribution is 5.96. The number of nitrogens with two attached hydrogens (primary N) is 1. The fourth-order valence-electron chi connectivity index (χ4n) is 2.85. The van der Waals surface area contributed by atoms with E-state index in [1.165, 1.54) is 0 Å². The van der Waals surface area contributed by atoms with Crippen molar-refractivity contribution >= 4 is 5.91 Å². The molecular weight excluding hydrogens is 236 g/mol. The molecule has 3 heteroatoms. The van der Waals surface area contributed by atoms with Gasteiger partial charge in [-0.25, -0.2) is 0 Å². The molecule has 19 heavy (non-hydrogen) atoms. The maximum atomic E-state index is 12.7. The number of likely N-dealkylation sites (tertiary alicyclic amines) is 1. The van der Waals surface area contributed by atoms with E-state index in [1.54, 1.807) is 0 Å². The first kappa shape index (κ1) is 14.1. The van der Waals surface area contributed by atoms with Gasteiger partial charge in [-0.15, -0.1) is 0 Å². The van der Waals surface area contributed by atoms with Gasteiger partial charge in [0.25, 0.3) is 5.91 Å². The minimum absolute atomic E-state index is 0.170. The monoisotopic (exact) mass is 260 g/mol. The normalized spacial score (nSPS) is 23.4. The number of nitrogens with zero attached hydrogens (tertiary/aromatic N) is 1. The predicted molar refractivity (Wildman–Crippen MR) is 78.1 cm³/mol. The van der Waals surface area contributed by atoms with Crippen LogP contribution in [0.4, 0.5) is 0 Å². The molecule has 0 aliphatic carbocycles. The molecule has 1 aliphatic heterocycles. The van der Waals surface area contributed by atoms with E-state index in [4.69, 9.17) is 5.73 Å². The molecule has 3 nitrogen and oxygen atoms in total. The van der Waals surface area contributed by atoms with E-state index >= 15 is 0 Å². The highest BCUT2D eigenvalue weighted by atomic mass is 16.2. The summed E-state index contributed by atoms with van der Waals surface area (Å²) in [5, 5.41) is 0. The summed E-state index contributed by atoms with van der Waals surface area (Å²) in [5.74, 6) is 0.622. The third-order valence-corrected chi connectivity index (χ3v) is 4.20. The number of carbonyl (C=O) groups is 1. The molecule has 2 N–H and O–H groups in total. The van der Waals surface area contributed by atoms with Crippen LogP contribution >= 0.6 is 0 Å². The van der Waals surface area contributed by atoms with Crippen molar-refractivity contribution in [1.29, 1.82) is 0 Å². The zero-order valence-corrected chi connectivity index (χ0v) is 11.9. The number of amides is 1. The summed E-state index contributed by atoms with van der Waals surface area (Å²) in [7, 11) is 0. The lowest BCUT2D eigenvalue weighted by Gasteiger charge is -2.38. The molecule has 0 aromatic heterocycles. The van der Waals surface area contributed by atoms with Crippen LogP contribution in [0.5, 0.6) is 0 Å². The molecule has 0 bridgehead atoms. The van der Waals surface area contributed by atoms with Crippen LogP contribution in [0.15, 0.2) is 24.3 Å². The Kier molecular flexibility index (Phi) is 4.59. The fourth-order valence-corrected chi connectivity index (χ4v) is 2.85. The quantitative estimate of drug-likeness (QED) is 0.907. The average molecular weight is 260 g/mol. The molecule has 0 radical (unpaired) electrons. The molecule has 104 valence electrons. The molecule has 1 amide bonds. The number of hydrogen-bond donors (Lipinski definition) is 1. The van der Waals surface area contributed by atoms with Gasteiger partial charge in [-0.3, -0.25) is 4.79 Å². The molecule has 0 saturated carbocycles. The van der Waals surface area contributed by atoms with E-state index < -0.39 is 0 Å². The summed E-state index contributed by atoms with van der Waals surface area (Å²) in [6, 6.07) is 8.25. The van der Waals surface area contributed by atoms with Crippen LogP contribution in [0.2, 0.25) is 0 Å². The number of benzene rings is 1. The van der Waals surface area contributed by atoms with Gasteiger partial charge in [0.1, 0.15) is 0 Å². The highest BCUT2D eigenvalue weighted by Crippen LogP contribution is 2.24. The Hall–Kier alpha value is -1.35. The summed E-state index contributed by atoms with van der Waals surface area (Å²) >= 11 is 0. The molecule has 1 aromatic carbocycles. The Bertz CT molecular complexity index is 444. The van der Waals surface area contributed by atoms with E-state index in [9.17, 15) is 4.79 Å². The molecule has 2 unspecified atom stereocenters. The molecule has 1 aliphatic rings. The van der Waals surface area contributed by atoms with Gasteiger partial charge in [0.05, 0.1) is 0 Å². The van der Waals surface area contributed by atoms with Crippen LogP contribution in [-0.2, 0) is 6.42 Å². The molecule has 1 aromatic rings. The highest BCUT2D eigenvalue weighted by Gasteiger charge is 2.29. The summed E-state index contributed by atoms with van der Waals surface area (Å²) in [5.41, 5.74) is 7.76. The topological polar surface area (TPSA) is 46.3 Å². The smallest absolute Gasteiger partial charge is 0.254 e. The summed E-state index contributed by atoms with van der Waals surface area (Å²) in [6.45, 7) is 5.70. The van der Waals surface area contributed by atoms with Crippen molar-refractivity contribution in [2.45, 2.75) is 39.2 Å². The second kappa shape index (κ2) is 6.20. The number of hydrogen-bond acceptors (Lipinski definition) is 2. The van der Waals surface area contributed by atoms with Gasteiger partial charge in [-0.05, 0) is 50.3 Å². The number of aryl methyl sites for hydroxylation is 1. The lowest BCUT2D eigenvalue weighted by Crippen LogP contribution is -2.47. The Morgan fingerprint density at radius 3 is 2.79 bits per heavy atom. The Morgan fingerprint density at radius 2 is 2.11 bits per heavy atom. The van der Waals surface area contributed by atoms with Crippen molar-refractivity contribution in [3.05, 3.63) is 35.4 Å². The van der Waals surface area contributed by atoms with Crippen LogP contribution < -0.4 is 5.73 Å². The van der Waals surface area contributed by atoms with Gasteiger partial charge < -0.3 is 10.6 Å². The predicted octanol–water partition coefficient (Wildman–Crippen LogP) is 2.45. The fraction of sp³-hybridized carbons (Fsp3) is 0.562. The Balaban J connectivity index is 2.22. The second-order valence-electron chi connectivity index (χ2n) is 5.50. The van der Waals surface area contributed by atoms with Gasteiger partial charge in [0, 0.05) is 18.2 Å². The SMILES string of the molecule is CCc1ccccc1C(=O)N1CC(CN)CCC1C. The van der Waals surface area contributed by atoms with Crippen molar-refractivity contribution in [3.63, 3.8) is 0 Å². The largest absolute Gasteiger partial charge is 0.336 e. The summed E-state index contributed by atoms with van der Waals surface area (Å²) in [4.78, 5) is 14.7. The van der Waals surface area contributed by atoms with Crippen LogP contribution in [0.1, 0.15) is 42.6 Å². The molecule has 0 spiro atoms. The summed E-state index contributed by atoms with van der Waals surface area (Å²) in [6.07, 6.45) is 3.09. The minimum atomic E-state index is 0.170. The lowest BCUT2D eigenvalue weighted by molar-refractivity contribution is 0.0566. The zero-order chi connectivity index (χ0) is 13.8. The van der Waals surface area contributed by atoms with Crippen molar-refractivity contribution in [2.24, 2.45) is 11.7 Å². The maximum absolute atomic E-state index is 12.7. The van der Waals surface area contributed by atoms with E-state index in [0.717, 1.165) is 36.9 Å². The van der Waals surface area contributed by atoms with Crippen LogP contribution in [0, 0.1) is 5.92 Å². The van der Waals surface area contributed by atoms with E-state index in [-0.39, 0.29) is 5.91 Å². The molecular formula is C16H24N2O. The molecule has 1 saturated heterocycles. The van der Waals surface area contributed by atoms with Gasteiger partial charge in [0.2, 0.25) is 0 Å². The first-order valence-electron chi connectivity index (χ1n) is 7.26. The maximum Gasteiger partial charge on any atom is 0.254 e. The van der Waals surface area contributed by atoms with Crippen molar-refractivity contribution < 1.29 is 4.79 Å². The lowest BCUT2D eigenvalue weighted by atomic mass is 9.92. The van der Waals surface area contributed by atoms with Gasteiger partial charge in [0.15, 0.2) is 0 Å².